The van der Waals surface area contributed by atoms with Gasteiger partial charge in [0.2, 0.25) is 0 Å². The first-order valence-electron chi connectivity index (χ1n) is 6.97. The Kier molecular flexibility index (Phi) is 3.79. The van der Waals surface area contributed by atoms with Crippen molar-refractivity contribution in [1.82, 2.24) is 20.2 Å². The molecule has 0 saturated heterocycles. The second-order valence-corrected chi connectivity index (χ2v) is 6.26. The van der Waals surface area contributed by atoms with Gasteiger partial charge in [-0.2, -0.15) is 5.10 Å². The molecule has 0 fully saturated rings. The number of anilines is 2. The molecule has 0 bridgehead atoms. The number of halogens is 2. The molecular formula is C16H9ClFN5S. The molecule has 4 rings (SSSR count). The van der Waals surface area contributed by atoms with E-state index in [1.165, 1.54) is 17.4 Å². The Labute approximate surface area is 145 Å². The highest BCUT2D eigenvalue weighted by Crippen LogP contribution is 2.38. The molecule has 0 amide bonds. The Morgan fingerprint density at radius 1 is 1.08 bits per heavy atom. The maximum absolute atomic E-state index is 14.1. The SMILES string of the molecule is Fc1cccc(Cl)c1-c1nc2ccnc(Nc3cccnn3)c2s1. The maximum atomic E-state index is 14.1. The second kappa shape index (κ2) is 6.10. The van der Waals surface area contributed by atoms with Gasteiger partial charge in [-0.05, 0) is 30.3 Å². The van der Waals surface area contributed by atoms with Gasteiger partial charge in [-0.25, -0.2) is 14.4 Å². The summed E-state index contributed by atoms with van der Waals surface area (Å²) in [6.07, 6.45) is 3.22. The van der Waals surface area contributed by atoms with Crippen LogP contribution in [0, 0.1) is 5.82 Å². The quantitative estimate of drug-likeness (QED) is 0.576. The van der Waals surface area contributed by atoms with Gasteiger partial charge in [-0.3, -0.25) is 0 Å². The lowest BCUT2D eigenvalue weighted by atomic mass is 10.2. The smallest absolute Gasteiger partial charge is 0.154 e. The first-order chi connectivity index (χ1) is 11.7. The molecule has 3 heterocycles. The molecule has 0 saturated carbocycles. The Morgan fingerprint density at radius 3 is 2.79 bits per heavy atom. The number of hydrogen-bond donors (Lipinski definition) is 1. The molecule has 0 spiro atoms. The monoisotopic (exact) mass is 357 g/mol. The molecule has 0 atom stereocenters. The highest BCUT2D eigenvalue weighted by molar-refractivity contribution is 7.22. The molecule has 0 unspecified atom stereocenters. The van der Waals surface area contributed by atoms with Crippen LogP contribution in [0.2, 0.25) is 5.02 Å². The molecule has 3 aromatic heterocycles. The highest BCUT2D eigenvalue weighted by Gasteiger charge is 2.16. The summed E-state index contributed by atoms with van der Waals surface area (Å²) < 4.78 is 14.9. The zero-order valence-corrected chi connectivity index (χ0v) is 13.6. The van der Waals surface area contributed by atoms with Crippen LogP contribution in [0.1, 0.15) is 0 Å². The van der Waals surface area contributed by atoms with E-state index in [0.29, 0.717) is 32.7 Å². The molecule has 0 radical (unpaired) electrons. The maximum Gasteiger partial charge on any atom is 0.154 e. The van der Waals surface area contributed by atoms with Crippen LogP contribution >= 0.6 is 22.9 Å². The summed E-state index contributed by atoms with van der Waals surface area (Å²) in [6.45, 7) is 0. The van der Waals surface area contributed by atoms with Crippen LogP contribution in [0.4, 0.5) is 16.0 Å². The Bertz CT molecular complexity index is 1000. The van der Waals surface area contributed by atoms with Crippen molar-refractivity contribution in [1.29, 1.82) is 0 Å². The van der Waals surface area contributed by atoms with Crippen molar-refractivity contribution in [2.75, 3.05) is 5.32 Å². The largest absolute Gasteiger partial charge is 0.322 e. The van der Waals surface area contributed by atoms with E-state index in [1.807, 2.05) is 0 Å². The van der Waals surface area contributed by atoms with Gasteiger partial charge in [0.25, 0.3) is 0 Å². The number of rotatable bonds is 3. The topological polar surface area (TPSA) is 63.6 Å². The molecule has 1 N–H and O–H groups in total. The molecule has 1 aromatic carbocycles. The lowest BCUT2D eigenvalue weighted by molar-refractivity contribution is 0.631. The fourth-order valence-electron chi connectivity index (χ4n) is 2.24. The van der Waals surface area contributed by atoms with Crippen LogP contribution in [-0.2, 0) is 0 Å². The number of fused-ring (bicyclic) bond motifs is 1. The zero-order valence-electron chi connectivity index (χ0n) is 12.1. The predicted molar refractivity (Wildman–Crippen MR) is 93.1 cm³/mol. The average molecular weight is 358 g/mol. The Morgan fingerprint density at radius 2 is 2.00 bits per heavy atom. The third kappa shape index (κ3) is 2.68. The molecule has 0 aliphatic heterocycles. The van der Waals surface area contributed by atoms with E-state index in [-0.39, 0.29) is 0 Å². The molecule has 8 heteroatoms. The molecule has 0 aliphatic rings. The minimum Gasteiger partial charge on any atom is -0.322 e. The standard InChI is InChI=1S/C16H9ClFN5S/c17-9-3-1-4-10(18)13(9)16-21-11-6-8-19-15(14(11)24-16)22-12-5-2-7-20-23-12/h1-8H,(H,19,22,23). The van der Waals surface area contributed by atoms with Crippen molar-refractivity contribution in [2.24, 2.45) is 0 Å². The van der Waals surface area contributed by atoms with E-state index in [9.17, 15) is 4.39 Å². The number of benzene rings is 1. The summed E-state index contributed by atoms with van der Waals surface area (Å²) in [5, 5.41) is 11.7. The van der Waals surface area contributed by atoms with Crippen molar-refractivity contribution in [2.45, 2.75) is 0 Å². The summed E-state index contributed by atoms with van der Waals surface area (Å²) in [5.41, 5.74) is 1.00. The van der Waals surface area contributed by atoms with Crippen LogP contribution < -0.4 is 5.32 Å². The van der Waals surface area contributed by atoms with Crippen LogP contribution in [0.3, 0.4) is 0 Å². The number of hydrogen-bond acceptors (Lipinski definition) is 6. The van der Waals surface area contributed by atoms with Crippen LogP contribution in [0.15, 0.2) is 48.8 Å². The summed E-state index contributed by atoms with van der Waals surface area (Å²) in [7, 11) is 0. The van der Waals surface area contributed by atoms with Crippen molar-refractivity contribution >= 4 is 44.8 Å². The van der Waals surface area contributed by atoms with Gasteiger partial charge in [0.1, 0.15) is 10.8 Å². The molecular weight excluding hydrogens is 349 g/mol. The normalized spacial score (nSPS) is 10.9. The summed E-state index contributed by atoms with van der Waals surface area (Å²) in [6, 6.07) is 9.90. The minimum absolute atomic E-state index is 0.297. The predicted octanol–water partition coefficient (Wildman–Crippen LogP) is 4.68. The number of pyridine rings is 1. The van der Waals surface area contributed by atoms with Crippen LogP contribution in [0.25, 0.3) is 20.8 Å². The zero-order chi connectivity index (χ0) is 16.5. The summed E-state index contributed by atoms with van der Waals surface area (Å²) >= 11 is 7.45. The average Bonchev–Trinajstić information content (AvgIpc) is 3.00. The van der Waals surface area contributed by atoms with E-state index in [0.717, 1.165) is 4.70 Å². The van der Waals surface area contributed by atoms with Crippen molar-refractivity contribution in [3.8, 4) is 10.6 Å². The highest BCUT2D eigenvalue weighted by atomic mass is 35.5. The van der Waals surface area contributed by atoms with Crippen LogP contribution in [-0.4, -0.2) is 20.2 Å². The number of aromatic nitrogens is 4. The van der Waals surface area contributed by atoms with E-state index in [2.05, 4.69) is 25.5 Å². The second-order valence-electron chi connectivity index (χ2n) is 4.86. The molecule has 0 aliphatic carbocycles. The van der Waals surface area contributed by atoms with Gasteiger partial charge < -0.3 is 5.32 Å². The Hall–Kier alpha value is -2.64. The lowest BCUT2D eigenvalue weighted by Crippen LogP contribution is -1.96. The molecule has 118 valence electrons. The number of nitrogens with one attached hydrogen (secondary N) is 1. The van der Waals surface area contributed by atoms with E-state index >= 15 is 0 Å². The summed E-state index contributed by atoms with van der Waals surface area (Å²) in [5.74, 6) is 0.749. The van der Waals surface area contributed by atoms with Gasteiger partial charge in [0, 0.05) is 12.4 Å². The number of thiazole rings is 1. The van der Waals surface area contributed by atoms with Gasteiger partial charge >= 0.3 is 0 Å². The van der Waals surface area contributed by atoms with Gasteiger partial charge in [0.15, 0.2) is 11.6 Å². The van der Waals surface area contributed by atoms with Gasteiger partial charge in [-0.15, -0.1) is 16.4 Å². The minimum atomic E-state index is -0.405. The first kappa shape index (κ1) is 14.9. The summed E-state index contributed by atoms with van der Waals surface area (Å²) in [4.78, 5) is 8.80. The van der Waals surface area contributed by atoms with Gasteiger partial charge in [-0.1, -0.05) is 17.7 Å². The van der Waals surface area contributed by atoms with E-state index in [1.54, 1.807) is 42.7 Å². The first-order valence-corrected chi connectivity index (χ1v) is 8.16. The number of nitrogens with zero attached hydrogens (tertiary/aromatic N) is 4. The van der Waals surface area contributed by atoms with E-state index < -0.39 is 5.82 Å². The fraction of sp³-hybridized carbons (Fsp3) is 0. The molecule has 5 nitrogen and oxygen atoms in total. The van der Waals surface area contributed by atoms with Crippen molar-refractivity contribution in [3.05, 3.63) is 59.6 Å². The third-order valence-electron chi connectivity index (χ3n) is 3.30. The third-order valence-corrected chi connectivity index (χ3v) is 4.71. The molecule has 24 heavy (non-hydrogen) atoms. The molecule has 4 aromatic rings. The van der Waals surface area contributed by atoms with E-state index in [4.69, 9.17) is 11.6 Å². The van der Waals surface area contributed by atoms with Crippen molar-refractivity contribution in [3.63, 3.8) is 0 Å². The Balaban J connectivity index is 1.83. The van der Waals surface area contributed by atoms with Crippen LogP contribution in [0.5, 0.6) is 0 Å². The van der Waals surface area contributed by atoms with Crippen molar-refractivity contribution < 1.29 is 4.39 Å². The fourth-order valence-corrected chi connectivity index (χ4v) is 3.62. The van der Waals surface area contributed by atoms with Gasteiger partial charge in [0.05, 0.1) is 20.8 Å². The lowest BCUT2D eigenvalue weighted by Gasteiger charge is -2.03.